The maximum absolute atomic E-state index is 6.25. The van der Waals surface area contributed by atoms with Gasteiger partial charge in [-0.2, -0.15) is 0 Å². The molecular formula is C23H36ClN3O2. The molecule has 0 saturated carbocycles. The standard InChI is InChI=1S/C23H36ClN3O2/c1-2-25-23(26-14-7-9-19-8-3-4-11-22(19)24)27-15-12-20(13-16-27)29-18-21-10-5-6-17-28-21/h3-4,8,11,20-21H,2,5-7,9-10,12-18H2,1H3,(H,25,26). The second-order valence-electron chi connectivity index (χ2n) is 7.94. The lowest BCUT2D eigenvalue weighted by molar-refractivity contribution is -0.0721. The lowest BCUT2D eigenvalue weighted by atomic mass is 10.1. The molecule has 1 unspecified atom stereocenters. The van der Waals surface area contributed by atoms with Gasteiger partial charge in [0.25, 0.3) is 0 Å². The summed E-state index contributed by atoms with van der Waals surface area (Å²) in [6.45, 7) is 7.45. The minimum Gasteiger partial charge on any atom is -0.376 e. The Morgan fingerprint density at radius 1 is 1.24 bits per heavy atom. The van der Waals surface area contributed by atoms with Crippen molar-refractivity contribution in [2.75, 3.05) is 39.4 Å². The molecule has 5 nitrogen and oxygen atoms in total. The number of ether oxygens (including phenoxy) is 2. The largest absolute Gasteiger partial charge is 0.376 e. The molecule has 3 rings (SSSR count). The Hall–Kier alpha value is -1.30. The van der Waals surface area contributed by atoms with Gasteiger partial charge in [0.1, 0.15) is 0 Å². The van der Waals surface area contributed by atoms with E-state index in [1.165, 1.54) is 18.4 Å². The maximum Gasteiger partial charge on any atom is 0.193 e. The van der Waals surface area contributed by atoms with Gasteiger partial charge in [0.15, 0.2) is 5.96 Å². The van der Waals surface area contributed by atoms with Crippen LogP contribution in [-0.4, -0.2) is 62.5 Å². The molecule has 2 heterocycles. The van der Waals surface area contributed by atoms with Gasteiger partial charge in [-0.25, -0.2) is 0 Å². The van der Waals surface area contributed by atoms with Crippen LogP contribution in [0.2, 0.25) is 5.02 Å². The number of nitrogens with one attached hydrogen (secondary N) is 1. The molecule has 0 amide bonds. The Labute approximate surface area is 180 Å². The van der Waals surface area contributed by atoms with E-state index in [4.69, 9.17) is 26.1 Å². The van der Waals surface area contributed by atoms with E-state index in [-0.39, 0.29) is 0 Å². The average molecular weight is 422 g/mol. The number of hydrogen-bond donors (Lipinski definition) is 1. The SMILES string of the molecule is CCNC(=NCCCc1ccccc1Cl)N1CCC(OCC2CCCCO2)CC1. The summed E-state index contributed by atoms with van der Waals surface area (Å²) in [5, 5.41) is 4.30. The Morgan fingerprint density at radius 3 is 2.79 bits per heavy atom. The van der Waals surface area contributed by atoms with Crippen molar-refractivity contribution < 1.29 is 9.47 Å². The Bertz CT molecular complexity index is 626. The van der Waals surface area contributed by atoms with Gasteiger partial charge >= 0.3 is 0 Å². The molecule has 29 heavy (non-hydrogen) atoms. The van der Waals surface area contributed by atoms with Crippen molar-refractivity contribution in [1.82, 2.24) is 10.2 Å². The molecule has 1 aromatic rings. The summed E-state index contributed by atoms with van der Waals surface area (Å²) in [4.78, 5) is 7.22. The van der Waals surface area contributed by atoms with Gasteiger partial charge in [-0.05, 0) is 63.5 Å². The third-order valence-corrected chi connectivity index (χ3v) is 6.06. The zero-order valence-corrected chi connectivity index (χ0v) is 18.5. The first-order valence-electron chi connectivity index (χ1n) is 11.3. The average Bonchev–Trinajstić information content (AvgIpc) is 2.77. The first-order chi connectivity index (χ1) is 14.3. The van der Waals surface area contributed by atoms with Crippen LogP contribution in [0.25, 0.3) is 0 Å². The topological polar surface area (TPSA) is 46.1 Å². The molecule has 2 aliphatic heterocycles. The van der Waals surface area contributed by atoms with Crippen LogP contribution in [0.5, 0.6) is 0 Å². The molecule has 2 saturated heterocycles. The molecule has 162 valence electrons. The van der Waals surface area contributed by atoms with E-state index in [0.717, 1.165) is 82.5 Å². The summed E-state index contributed by atoms with van der Waals surface area (Å²) >= 11 is 6.25. The second kappa shape index (κ2) is 12.4. The van der Waals surface area contributed by atoms with E-state index >= 15 is 0 Å². The number of nitrogens with zero attached hydrogens (tertiary/aromatic N) is 2. The van der Waals surface area contributed by atoms with Crippen molar-refractivity contribution in [3.63, 3.8) is 0 Å². The minimum absolute atomic E-state index is 0.304. The molecule has 0 aromatic heterocycles. The summed E-state index contributed by atoms with van der Waals surface area (Å²) in [5.74, 6) is 1.03. The predicted octanol–water partition coefficient (Wildman–Crippen LogP) is 4.29. The monoisotopic (exact) mass is 421 g/mol. The van der Waals surface area contributed by atoms with Crippen LogP contribution in [0.4, 0.5) is 0 Å². The summed E-state index contributed by atoms with van der Waals surface area (Å²) < 4.78 is 11.9. The highest BCUT2D eigenvalue weighted by Gasteiger charge is 2.23. The molecule has 1 N–H and O–H groups in total. The van der Waals surface area contributed by atoms with E-state index in [9.17, 15) is 0 Å². The lowest BCUT2D eigenvalue weighted by Gasteiger charge is -2.35. The summed E-state index contributed by atoms with van der Waals surface area (Å²) in [6, 6.07) is 8.07. The van der Waals surface area contributed by atoms with E-state index < -0.39 is 0 Å². The van der Waals surface area contributed by atoms with Crippen LogP contribution in [0.3, 0.4) is 0 Å². The number of rotatable bonds is 8. The van der Waals surface area contributed by atoms with Crippen LogP contribution in [-0.2, 0) is 15.9 Å². The molecule has 6 heteroatoms. The number of aliphatic imine (C=N–C) groups is 1. The normalized spacial score (nSPS) is 21.4. The highest BCUT2D eigenvalue weighted by Crippen LogP contribution is 2.19. The van der Waals surface area contributed by atoms with Crippen molar-refractivity contribution in [1.29, 1.82) is 0 Å². The Morgan fingerprint density at radius 2 is 2.07 bits per heavy atom. The smallest absolute Gasteiger partial charge is 0.193 e. The summed E-state index contributed by atoms with van der Waals surface area (Å²) in [6.07, 6.45) is 8.32. The van der Waals surface area contributed by atoms with Gasteiger partial charge in [0.05, 0.1) is 18.8 Å². The van der Waals surface area contributed by atoms with Crippen LogP contribution in [0, 0.1) is 0 Å². The molecule has 2 aliphatic rings. The first kappa shape index (κ1) is 22.4. The number of guanidine groups is 1. The Balaban J connectivity index is 1.39. The van der Waals surface area contributed by atoms with Gasteiger partial charge in [0, 0.05) is 37.8 Å². The van der Waals surface area contributed by atoms with Gasteiger partial charge in [0.2, 0.25) is 0 Å². The van der Waals surface area contributed by atoms with Crippen LogP contribution < -0.4 is 5.32 Å². The lowest BCUT2D eigenvalue weighted by Crippen LogP contribution is -2.47. The summed E-state index contributed by atoms with van der Waals surface area (Å²) in [7, 11) is 0. The first-order valence-corrected chi connectivity index (χ1v) is 11.6. The van der Waals surface area contributed by atoms with Gasteiger partial charge in [-0.1, -0.05) is 29.8 Å². The third-order valence-electron chi connectivity index (χ3n) is 5.69. The fourth-order valence-corrected chi connectivity index (χ4v) is 4.23. The van der Waals surface area contributed by atoms with Gasteiger partial charge in [-0.15, -0.1) is 0 Å². The zero-order valence-electron chi connectivity index (χ0n) is 17.7. The van der Waals surface area contributed by atoms with Crippen LogP contribution in [0.1, 0.15) is 51.0 Å². The van der Waals surface area contributed by atoms with E-state index in [2.05, 4.69) is 23.2 Å². The van der Waals surface area contributed by atoms with Gasteiger partial charge in [-0.3, -0.25) is 4.99 Å². The number of piperidine rings is 1. The van der Waals surface area contributed by atoms with Gasteiger partial charge < -0.3 is 19.7 Å². The van der Waals surface area contributed by atoms with Crippen molar-refractivity contribution in [2.45, 2.75) is 64.1 Å². The predicted molar refractivity (Wildman–Crippen MR) is 120 cm³/mol. The zero-order chi connectivity index (χ0) is 20.3. The van der Waals surface area contributed by atoms with Crippen molar-refractivity contribution in [3.05, 3.63) is 34.9 Å². The molecule has 1 aromatic carbocycles. The highest BCUT2D eigenvalue weighted by molar-refractivity contribution is 6.31. The molecule has 1 atom stereocenters. The van der Waals surface area contributed by atoms with E-state index in [1.807, 2.05) is 18.2 Å². The highest BCUT2D eigenvalue weighted by atomic mass is 35.5. The Kier molecular flexibility index (Phi) is 9.58. The fourth-order valence-electron chi connectivity index (χ4n) is 4.00. The maximum atomic E-state index is 6.25. The number of likely N-dealkylation sites (tertiary alicyclic amines) is 1. The van der Waals surface area contributed by atoms with E-state index in [1.54, 1.807) is 0 Å². The molecule has 0 radical (unpaired) electrons. The number of aryl methyl sites for hydroxylation is 1. The number of halogens is 1. The molecular weight excluding hydrogens is 386 g/mol. The van der Waals surface area contributed by atoms with Crippen LogP contribution in [0.15, 0.2) is 29.3 Å². The molecule has 0 aliphatic carbocycles. The fraction of sp³-hybridized carbons (Fsp3) is 0.696. The third kappa shape index (κ3) is 7.47. The van der Waals surface area contributed by atoms with Crippen molar-refractivity contribution in [2.24, 2.45) is 4.99 Å². The minimum atomic E-state index is 0.304. The summed E-state index contributed by atoms with van der Waals surface area (Å²) in [5.41, 5.74) is 1.20. The molecule has 0 spiro atoms. The van der Waals surface area contributed by atoms with E-state index in [0.29, 0.717) is 12.2 Å². The molecule has 2 fully saturated rings. The molecule has 0 bridgehead atoms. The van der Waals surface area contributed by atoms with Crippen molar-refractivity contribution in [3.8, 4) is 0 Å². The van der Waals surface area contributed by atoms with Crippen LogP contribution >= 0.6 is 11.6 Å². The quantitative estimate of drug-likeness (QED) is 0.386. The number of hydrogen-bond acceptors (Lipinski definition) is 3. The second-order valence-corrected chi connectivity index (χ2v) is 8.35. The van der Waals surface area contributed by atoms with Crippen molar-refractivity contribution >= 4 is 17.6 Å². The number of benzene rings is 1.